The average Bonchev–Trinajstić information content (AvgIpc) is 3.20. The lowest BCUT2D eigenvalue weighted by Gasteiger charge is -2.36. The van der Waals surface area contributed by atoms with Crippen LogP contribution >= 0.6 is 0 Å². The molecule has 2 aromatic carbocycles. The number of fused-ring (bicyclic) bond motifs is 1. The molecule has 5 nitrogen and oxygen atoms in total. The zero-order valence-electron chi connectivity index (χ0n) is 19.1. The number of carbonyl (C=O) groups excluding carboxylic acids is 1. The predicted octanol–water partition coefficient (Wildman–Crippen LogP) is 4.22. The summed E-state index contributed by atoms with van der Waals surface area (Å²) < 4.78 is 2.12. The highest BCUT2D eigenvalue weighted by atomic mass is 16.2. The van der Waals surface area contributed by atoms with Crippen molar-refractivity contribution in [1.82, 2.24) is 14.4 Å². The number of carbonyl (C=O) groups is 1. The van der Waals surface area contributed by atoms with Crippen LogP contribution < -0.4 is 4.90 Å². The zero-order chi connectivity index (χ0) is 22.5. The van der Waals surface area contributed by atoms with Gasteiger partial charge in [-0.25, -0.2) is 0 Å². The molecule has 0 atom stereocenters. The van der Waals surface area contributed by atoms with E-state index in [1.807, 2.05) is 17.2 Å². The van der Waals surface area contributed by atoms with Crippen LogP contribution in [0.5, 0.6) is 0 Å². The van der Waals surface area contributed by atoms with Gasteiger partial charge in [-0.15, -0.1) is 0 Å². The molecule has 0 aliphatic carbocycles. The van der Waals surface area contributed by atoms with E-state index in [1.54, 1.807) is 0 Å². The summed E-state index contributed by atoms with van der Waals surface area (Å²) in [6.45, 7) is 7.59. The summed E-state index contributed by atoms with van der Waals surface area (Å²) in [5.41, 5.74) is 4.39. The highest BCUT2D eigenvalue weighted by molar-refractivity contribution is 5.98. The molecule has 170 valence electrons. The molecule has 0 bridgehead atoms. The second kappa shape index (κ2) is 10.1. The van der Waals surface area contributed by atoms with Gasteiger partial charge >= 0.3 is 0 Å². The smallest absolute Gasteiger partial charge is 0.256 e. The molecular weight excluding hydrogens is 408 g/mol. The fraction of sp³-hybridized carbons (Fsp3) is 0.321. The van der Waals surface area contributed by atoms with Crippen LogP contribution in [0.1, 0.15) is 27.9 Å². The van der Waals surface area contributed by atoms with Crippen LogP contribution in [0, 0.1) is 0 Å². The molecule has 1 amide bonds. The van der Waals surface area contributed by atoms with E-state index in [0.717, 1.165) is 63.4 Å². The Kier molecular flexibility index (Phi) is 6.58. The van der Waals surface area contributed by atoms with Gasteiger partial charge in [0.05, 0.1) is 5.56 Å². The summed E-state index contributed by atoms with van der Waals surface area (Å²) in [6, 6.07) is 21.0. The lowest BCUT2D eigenvalue weighted by molar-refractivity contribution is 0.0767. The summed E-state index contributed by atoms with van der Waals surface area (Å²) in [7, 11) is 0. The summed E-state index contributed by atoms with van der Waals surface area (Å²) in [5, 5.41) is 0. The first-order chi connectivity index (χ1) is 16.3. The Morgan fingerprint density at radius 1 is 0.788 bits per heavy atom. The van der Waals surface area contributed by atoms with Gasteiger partial charge in [0.1, 0.15) is 0 Å². The molecule has 0 saturated carbocycles. The third-order valence-corrected chi connectivity index (χ3v) is 6.66. The van der Waals surface area contributed by atoms with Crippen LogP contribution in [0.25, 0.3) is 6.08 Å². The summed E-state index contributed by atoms with van der Waals surface area (Å²) in [5.74, 6) is 0.149. The first kappa shape index (κ1) is 21.5. The van der Waals surface area contributed by atoms with Gasteiger partial charge < -0.3 is 14.4 Å². The minimum atomic E-state index is 0.149. The van der Waals surface area contributed by atoms with Gasteiger partial charge in [-0.3, -0.25) is 9.69 Å². The molecule has 1 aromatic heterocycles. The molecule has 3 aromatic rings. The van der Waals surface area contributed by atoms with Crippen LogP contribution in [0.4, 0.5) is 5.69 Å². The summed E-state index contributed by atoms with van der Waals surface area (Å²) in [4.78, 5) is 20.2. The Hall–Kier alpha value is -3.31. The Balaban J connectivity index is 1.13. The number of hydrogen-bond donors (Lipinski definition) is 0. The van der Waals surface area contributed by atoms with Crippen molar-refractivity contribution >= 4 is 17.7 Å². The standard InChI is InChI=1S/C28H32N4O/c33-28-27-23-30(21-24-9-3-1-4-10-24)22-25(27)11-7-15-32(28)16-8-14-29-17-19-31(20-18-29)26-12-5-2-6-13-26/h1-7,9-13,22-23H,8,14-21H2. The normalized spacial score (nSPS) is 16.7. The van der Waals surface area contributed by atoms with Crippen LogP contribution in [-0.4, -0.2) is 66.1 Å². The third kappa shape index (κ3) is 5.20. The number of nitrogens with zero attached hydrogens (tertiary/aromatic N) is 4. The maximum atomic E-state index is 13.2. The largest absolute Gasteiger partial charge is 0.369 e. The van der Waals surface area contributed by atoms with E-state index in [1.165, 1.54) is 11.3 Å². The van der Waals surface area contributed by atoms with Crippen LogP contribution in [0.15, 0.2) is 79.1 Å². The van der Waals surface area contributed by atoms with E-state index in [2.05, 4.69) is 87.3 Å². The first-order valence-electron chi connectivity index (χ1n) is 12.0. The zero-order valence-corrected chi connectivity index (χ0v) is 19.1. The van der Waals surface area contributed by atoms with Gasteiger partial charge in [-0.05, 0) is 30.7 Å². The molecule has 1 saturated heterocycles. The molecule has 5 rings (SSSR count). The van der Waals surface area contributed by atoms with E-state index in [4.69, 9.17) is 0 Å². The number of aromatic nitrogens is 1. The van der Waals surface area contributed by atoms with Crippen molar-refractivity contribution in [1.29, 1.82) is 0 Å². The number of benzene rings is 2. The van der Waals surface area contributed by atoms with E-state index >= 15 is 0 Å². The van der Waals surface area contributed by atoms with Gasteiger partial charge in [0, 0.05) is 69.5 Å². The molecule has 5 heteroatoms. The van der Waals surface area contributed by atoms with Gasteiger partial charge in [0.15, 0.2) is 0 Å². The van der Waals surface area contributed by atoms with Crippen molar-refractivity contribution < 1.29 is 4.79 Å². The number of anilines is 1. The Labute approximate surface area is 196 Å². The van der Waals surface area contributed by atoms with Crippen molar-refractivity contribution in [2.24, 2.45) is 0 Å². The number of amides is 1. The van der Waals surface area contributed by atoms with Gasteiger partial charge in [-0.2, -0.15) is 0 Å². The number of piperazine rings is 1. The van der Waals surface area contributed by atoms with Crippen molar-refractivity contribution in [3.8, 4) is 0 Å². The SMILES string of the molecule is O=C1c2cn(Cc3ccccc3)cc2C=CCN1CCCN1CCN(c2ccccc2)CC1. The molecule has 2 aliphatic rings. The van der Waals surface area contributed by atoms with E-state index in [0.29, 0.717) is 6.54 Å². The van der Waals surface area contributed by atoms with Gasteiger partial charge in [-0.1, -0.05) is 60.7 Å². The maximum absolute atomic E-state index is 13.2. The molecule has 2 aliphatic heterocycles. The number of hydrogen-bond acceptors (Lipinski definition) is 3. The number of para-hydroxylation sites is 1. The Morgan fingerprint density at radius 2 is 1.52 bits per heavy atom. The molecule has 33 heavy (non-hydrogen) atoms. The molecule has 0 radical (unpaired) electrons. The van der Waals surface area contributed by atoms with Gasteiger partial charge in [0.25, 0.3) is 5.91 Å². The van der Waals surface area contributed by atoms with Crippen LogP contribution in [0.2, 0.25) is 0 Å². The van der Waals surface area contributed by atoms with E-state index < -0.39 is 0 Å². The van der Waals surface area contributed by atoms with E-state index in [9.17, 15) is 4.79 Å². The lowest BCUT2D eigenvalue weighted by Crippen LogP contribution is -2.47. The lowest BCUT2D eigenvalue weighted by atomic mass is 10.2. The fourth-order valence-electron chi connectivity index (χ4n) is 4.83. The second-order valence-electron chi connectivity index (χ2n) is 8.96. The monoisotopic (exact) mass is 440 g/mol. The van der Waals surface area contributed by atoms with Crippen LogP contribution in [0.3, 0.4) is 0 Å². The Bertz CT molecular complexity index is 1080. The van der Waals surface area contributed by atoms with Crippen molar-refractivity contribution in [3.63, 3.8) is 0 Å². The fourth-order valence-corrected chi connectivity index (χ4v) is 4.83. The van der Waals surface area contributed by atoms with E-state index in [-0.39, 0.29) is 5.91 Å². The van der Waals surface area contributed by atoms with Crippen LogP contribution in [-0.2, 0) is 6.54 Å². The maximum Gasteiger partial charge on any atom is 0.256 e. The molecule has 1 fully saturated rings. The first-order valence-corrected chi connectivity index (χ1v) is 12.0. The van der Waals surface area contributed by atoms with Crippen molar-refractivity contribution in [3.05, 3.63) is 95.8 Å². The highest BCUT2D eigenvalue weighted by Crippen LogP contribution is 2.20. The molecule has 0 unspecified atom stereocenters. The van der Waals surface area contributed by atoms with Crippen molar-refractivity contribution in [2.45, 2.75) is 13.0 Å². The average molecular weight is 441 g/mol. The van der Waals surface area contributed by atoms with Gasteiger partial charge in [0.2, 0.25) is 0 Å². The Morgan fingerprint density at radius 3 is 2.27 bits per heavy atom. The topological polar surface area (TPSA) is 31.7 Å². The molecular formula is C28H32N4O. The minimum Gasteiger partial charge on any atom is -0.369 e. The van der Waals surface area contributed by atoms with Crippen molar-refractivity contribution in [2.75, 3.05) is 50.7 Å². The molecule has 3 heterocycles. The predicted molar refractivity (Wildman–Crippen MR) is 135 cm³/mol. The number of rotatable bonds is 7. The molecule has 0 spiro atoms. The highest BCUT2D eigenvalue weighted by Gasteiger charge is 2.22. The minimum absolute atomic E-state index is 0.149. The molecule has 0 N–H and O–H groups in total. The summed E-state index contributed by atoms with van der Waals surface area (Å²) in [6.07, 6.45) is 9.32. The quantitative estimate of drug-likeness (QED) is 0.551. The third-order valence-electron chi connectivity index (χ3n) is 6.66. The second-order valence-corrected chi connectivity index (χ2v) is 8.96. The summed E-state index contributed by atoms with van der Waals surface area (Å²) >= 11 is 0.